The molecular weight excluding hydrogens is 296 g/mol. The molecule has 0 unspecified atom stereocenters. The number of anilines is 1. The molecular formula is C17H22N2O2S. The molecule has 1 heterocycles. The highest BCUT2D eigenvalue weighted by Crippen LogP contribution is 2.16. The summed E-state index contributed by atoms with van der Waals surface area (Å²) in [6.07, 6.45) is 8.92. The Hall–Kier alpha value is -1.88. The van der Waals surface area contributed by atoms with Crippen LogP contribution in [0.1, 0.15) is 38.2 Å². The fourth-order valence-electron chi connectivity index (χ4n) is 2.23. The molecule has 1 N–H and O–H groups in total. The van der Waals surface area contributed by atoms with Crippen LogP contribution in [0.25, 0.3) is 0 Å². The molecule has 0 aliphatic heterocycles. The Morgan fingerprint density at radius 1 is 1.05 bits per heavy atom. The van der Waals surface area contributed by atoms with E-state index in [-0.39, 0.29) is 4.90 Å². The maximum Gasteiger partial charge on any atom is 0.261 e. The van der Waals surface area contributed by atoms with Gasteiger partial charge in [0.15, 0.2) is 0 Å². The molecule has 118 valence electrons. The lowest BCUT2D eigenvalue weighted by Gasteiger charge is -2.08. The number of aromatic nitrogens is 1. The first kappa shape index (κ1) is 16.5. The fraction of sp³-hybridized carbons (Fsp3) is 0.353. The summed E-state index contributed by atoms with van der Waals surface area (Å²) in [5.41, 5.74) is 1.64. The maximum atomic E-state index is 12.3. The quantitative estimate of drug-likeness (QED) is 0.748. The first-order chi connectivity index (χ1) is 10.6. The van der Waals surface area contributed by atoms with Gasteiger partial charge in [0.05, 0.1) is 16.8 Å². The first-order valence-electron chi connectivity index (χ1n) is 7.63. The average molecular weight is 318 g/mol. The zero-order chi connectivity index (χ0) is 15.8. The lowest BCUT2D eigenvalue weighted by atomic mass is 10.1. The van der Waals surface area contributed by atoms with Gasteiger partial charge in [0.1, 0.15) is 0 Å². The Balaban J connectivity index is 1.99. The summed E-state index contributed by atoms with van der Waals surface area (Å²) >= 11 is 0. The third kappa shape index (κ3) is 4.84. The lowest BCUT2D eigenvalue weighted by Crippen LogP contribution is -2.13. The van der Waals surface area contributed by atoms with Crippen LogP contribution >= 0.6 is 0 Å². The molecule has 4 nitrogen and oxygen atoms in total. The molecule has 0 fully saturated rings. The normalized spacial score (nSPS) is 11.3. The molecule has 1 aromatic heterocycles. The van der Waals surface area contributed by atoms with Gasteiger partial charge in [0.2, 0.25) is 0 Å². The van der Waals surface area contributed by atoms with E-state index in [0.717, 1.165) is 12.8 Å². The number of nitrogens with zero attached hydrogens (tertiary/aromatic N) is 1. The van der Waals surface area contributed by atoms with Crippen LogP contribution in [-0.4, -0.2) is 13.4 Å². The van der Waals surface area contributed by atoms with Crippen molar-refractivity contribution in [1.29, 1.82) is 0 Å². The summed E-state index contributed by atoms with van der Waals surface area (Å²) < 4.78 is 27.1. The van der Waals surface area contributed by atoms with Crippen molar-refractivity contribution >= 4 is 15.7 Å². The van der Waals surface area contributed by atoms with Crippen LogP contribution in [0.4, 0.5) is 5.69 Å². The molecule has 0 spiro atoms. The number of unbranched alkanes of at least 4 members (excludes halogenated alkanes) is 3. The highest BCUT2D eigenvalue weighted by atomic mass is 32.2. The Labute approximate surface area is 132 Å². The molecule has 0 radical (unpaired) electrons. The predicted octanol–water partition coefficient (Wildman–Crippen LogP) is 4.01. The Morgan fingerprint density at radius 3 is 2.45 bits per heavy atom. The van der Waals surface area contributed by atoms with Crippen molar-refractivity contribution in [3.63, 3.8) is 0 Å². The topological polar surface area (TPSA) is 59.1 Å². The number of rotatable bonds is 8. The van der Waals surface area contributed by atoms with Gasteiger partial charge in [0, 0.05) is 6.20 Å². The van der Waals surface area contributed by atoms with Crippen molar-refractivity contribution < 1.29 is 8.42 Å². The number of sulfonamides is 1. The van der Waals surface area contributed by atoms with Gasteiger partial charge >= 0.3 is 0 Å². The van der Waals surface area contributed by atoms with Gasteiger partial charge in [-0.1, -0.05) is 38.3 Å². The van der Waals surface area contributed by atoms with Crippen molar-refractivity contribution in [3.05, 3.63) is 54.4 Å². The zero-order valence-electron chi connectivity index (χ0n) is 12.8. The molecule has 1 aromatic carbocycles. The van der Waals surface area contributed by atoms with Crippen LogP contribution in [-0.2, 0) is 16.4 Å². The van der Waals surface area contributed by atoms with Gasteiger partial charge in [-0.15, -0.1) is 0 Å². The Bertz CT molecular complexity index is 668. The minimum Gasteiger partial charge on any atom is -0.278 e. The van der Waals surface area contributed by atoms with Crippen molar-refractivity contribution in [2.24, 2.45) is 0 Å². The van der Waals surface area contributed by atoms with Crippen LogP contribution in [0, 0.1) is 0 Å². The molecule has 0 saturated heterocycles. The molecule has 2 aromatic rings. The SMILES string of the molecule is CCCCCCc1ccc(S(=O)(=O)Nc2cccnc2)cc1. The number of pyridine rings is 1. The van der Waals surface area contributed by atoms with E-state index in [1.165, 1.54) is 31.0 Å². The van der Waals surface area contributed by atoms with Gasteiger partial charge < -0.3 is 0 Å². The number of aryl methyl sites for hydroxylation is 1. The molecule has 0 saturated carbocycles. The average Bonchev–Trinajstić information content (AvgIpc) is 2.53. The van der Waals surface area contributed by atoms with E-state index in [9.17, 15) is 8.42 Å². The monoisotopic (exact) mass is 318 g/mol. The summed E-state index contributed by atoms with van der Waals surface area (Å²) in [7, 11) is -3.55. The van der Waals surface area contributed by atoms with Crippen molar-refractivity contribution in [1.82, 2.24) is 4.98 Å². The van der Waals surface area contributed by atoms with Crippen LogP contribution in [0.2, 0.25) is 0 Å². The minimum absolute atomic E-state index is 0.272. The van der Waals surface area contributed by atoms with E-state index in [1.807, 2.05) is 12.1 Å². The van der Waals surface area contributed by atoms with Crippen molar-refractivity contribution in [3.8, 4) is 0 Å². The third-order valence-corrected chi connectivity index (χ3v) is 4.86. The number of benzene rings is 1. The summed E-state index contributed by atoms with van der Waals surface area (Å²) in [6.45, 7) is 2.19. The molecule has 0 amide bonds. The van der Waals surface area contributed by atoms with Crippen LogP contribution < -0.4 is 4.72 Å². The zero-order valence-corrected chi connectivity index (χ0v) is 13.6. The largest absolute Gasteiger partial charge is 0.278 e. The van der Waals surface area contributed by atoms with E-state index < -0.39 is 10.0 Å². The molecule has 0 aliphatic carbocycles. The van der Waals surface area contributed by atoms with Gasteiger partial charge in [0.25, 0.3) is 10.0 Å². The smallest absolute Gasteiger partial charge is 0.261 e. The highest BCUT2D eigenvalue weighted by Gasteiger charge is 2.13. The Kier molecular flexibility index (Phi) is 5.95. The van der Waals surface area contributed by atoms with E-state index in [1.54, 1.807) is 30.5 Å². The Morgan fingerprint density at radius 2 is 1.82 bits per heavy atom. The van der Waals surface area contributed by atoms with Crippen LogP contribution in [0.5, 0.6) is 0 Å². The second-order valence-corrected chi connectivity index (χ2v) is 6.98. The van der Waals surface area contributed by atoms with E-state index in [0.29, 0.717) is 5.69 Å². The first-order valence-corrected chi connectivity index (χ1v) is 9.12. The number of hydrogen-bond acceptors (Lipinski definition) is 3. The van der Waals surface area contributed by atoms with Gasteiger partial charge in [-0.05, 0) is 42.7 Å². The fourth-order valence-corrected chi connectivity index (χ4v) is 3.27. The van der Waals surface area contributed by atoms with Crippen LogP contribution in [0.3, 0.4) is 0 Å². The van der Waals surface area contributed by atoms with Crippen molar-refractivity contribution in [2.45, 2.75) is 43.9 Å². The number of hydrogen-bond donors (Lipinski definition) is 1. The molecule has 22 heavy (non-hydrogen) atoms. The summed E-state index contributed by atoms with van der Waals surface area (Å²) in [4.78, 5) is 4.17. The molecule has 0 aliphatic rings. The maximum absolute atomic E-state index is 12.3. The third-order valence-electron chi connectivity index (χ3n) is 3.47. The molecule has 2 rings (SSSR count). The predicted molar refractivity (Wildman–Crippen MR) is 89.3 cm³/mol. The van der Waals surface area contributed by atoms with Gasteiger partial charge in [-0.2, -0.15) is 0 Å². The van der Waals surface area contributed by atoms with E-state index in [2.05, 4.69) is 16.6 Å². The standard InChI is InChI=1S/C17H22N2O2S/c1-2-3-4-5-7-15-9-11-17(12-10-15)22(20,21)19-16-8-6-13-18-14-16/h6,8-14,19H,2-5,7H2,1H3. The van der Waals surface area contributed by atoms with E-state index in [4.69, 9.17) is 0 Å². The van der Waals surface area contributed by atoms with Crippen LogP contribution in [0.15, 0.2) is 53.7 Å². The second kappa shape index (κ2) is 7.94. The summed E-state index contributed by atoms with van der Waals surface area (Å²) in [6, 6.07) is 10.5. The van der Waals surface area contributed by atoms with Gasteiger partial charge in [-0.25, -0.2) is 8.42 Å². The summed E-state index contributed by atoms with van der Waals surface area (Å²) in [5, 5.41) is 0. The second-order valence-electron chi connectivity index (χ2n) is 5.30. The highest BCUT2D eigenvalue weighted by molar-refractivity contribution is 7.92. The summed E-state index contributed by atoms with van der Waals surface area (Å²) in [5.74, 6) is 0. The molecule has 5 heteroatoms. The molecule has 0 atom stereocenters. The number of nitrogens with one attached hydrogen (secondary N) is 1. The van der Waals surface area contributed by atoms with E-state index >= 15 is 0 Å². The minimum atomic E-state index is -3.55. The lowest BCUT2D eigenvalue weighted by molar-refractivity contribution is 0.601. The van der Waals surface area contributed by atoms with Gasteiger partial charge in [-0.3, -0.25) is 9.71 Å². The molecule has 0 bridgehead atoms. The van der Waals surface area contributed by atoms with Crippen molar-refractivity contribution in [2.75, 3.05) is 4.72 Å².